The van der Waals surface area contributed by atoms with Gasteiger partial charge in [-0.05, 0) is 49.1 Å². The fourth-order valence-electron chi connectivity index (χ4n) is 3.83. The molecule has 0 unspecified atom stereocenters. The standard InChI is InChI=1S/C21H20F6N6O/c22-20(23,24)15-3-1-13(2-4-15)7-10-28-18(34)14-8-11-32(12-9-14)17-6-5-16-29-30-19(21(25,26)27)33(16)31-17/h1-6,14H,7-12H2,(H,28,34). The molecule has 182 valence electrons. The number of hydrogen-bond acceptors (Lipinski definition) is 5. The first-order valence-electron chi connectivity index (χ1n) is 10.5. The summed E-state index contributed by atoms with van der Waals surface area (Å²) in [6.07, 6.45) is -7.71. The number of piperidine rings is 1. The lowest BCUT2D eigenvalue weighted by atomic mass is 9.96. The van der Waals surface area contributed by atoms with Crippen LogP contribution in [0.2, 0.25) is 0 Å². The number of carbonyl (C=O) groups excluding carboxylic acids is 1. The molecule has 0 aliphatic carbocycles. The maximum absolute atomic E-state index is 13.1. The van der Waals surface area contributed by atoms with E-state index in [1.54, 1.807) is 11.0 Å². The second-order valence-corrected chi connectivity index (χ2v) is 7.98. The van der Waals surface area contributed by atoms with Gasteiger partial charge in [-0.2, -0.15) is 30.9 Å². The molecule has 1 fully saturated rings. The van der Waals surface area contributed by atoms with Gasteiger partial charge in [0.05, 0.1) is 5.56 Å². The highest BCUT2D eigenvalue weighted by Gasteiger charge is 2.38. The number of amides is 1. The van der Waals surface area contributed by atoms with Gasteiger partial charge >= 0.3 is 12.4 Å². The topological polar surface area (TPSA) is 75.4 Å². The van der Waals surface area contributed by atoms with Crippen molar-refractivity contribution in [2.45, 2.75) is 31.6 Å². The fourth-order valence-corrected chi connectivity index (χ4v) is 3.83. The largest absolute Gasteiger partial charge is 0.453 e. The third-order valence-electron chi connectivity index (χ3n) is 5.69. The Bertz CT molecular complexity index is 1150. The Balaban J connectivity index is 1.28. The number of nitrogens with one attached hydrogen (secondary N) is 1. The summed E-state index contributed by atoms with van der Waals surface area (Å²) in [5.41, 5.74) is -0.0604. The average molecular weight is 486 g/mol. The van der Waals surface area contributed by atoms with E-state index in [1.165, 1.54) is 18.2 Å². The van der Waals surface area contributed by atoms with Gasteiger partial charge in [-0.3, -0.25) is 4.79 Å². The minimum Gasteiger partial charge on any atom is -0.356 e. The second-order valence-electron chi connectivity index (χ2n) is 7.98. The maximum Gasteiger partial charge on any atom is 0.453 e. The van der Waals surface area contributed by atoms with Gasteiger partial charge in [-0.25, -0.2) is 0 Å². The lowest BCUT2D eigenvalue weighted by Gasteiger charge is -2.32. The number of anilines is 1. The smallest absolute Gasteiger partial charge is 0.356 e. The molecule has 34 heavy (non-hydrogen) atoms. The van der Waals surface area contributed by atoms with Gasteiger partial charge in [0.1, 0.15) is 5.82 Å². The molecule has 1 saturated heterocycles. The zero-order valence-corrected chi connectivity index (χ0v) is 17.7. The summed E-state index contributed by atoms with van der Waals surface area (Å²) in [5, 5.41) is 13.5. The normalized spacial score (nSPS) is 15.6. The molecule has 0 radical (unpaired) electrons. The number of rotatable bonds is 5. The third kappa shape index (κ3) is 5.23. The Morgan fingerprint density at radius 1 is 0.941 bits per heavy atom. The van der Waals surface area contributed by atoms with Crippen LogP contribution >= 0.6 is 0 Å². The summed E-state index contributed by atoms with van der Waals surface area (Å²) in [7, 11) is 0. The summed E-state index contributed by atoms with van der Waals surface area (Å²) < 4.78 is 77.7. The Hall–Kier alpha value is -3.38. The van der Waals surface area contributed by atoms with E-state index in [-0.39, 0.29) is 24.0 Å². The Morgan fingerprint density at radius 2 is 1.62 bits per heavy atom. The molecule has 4 rings (SSSR count). The van der Waals surface area contributed by atoms with Crippen molar-refractivity contribution in [2.75, 3.05) is 24.5 Å². The molecule has 0 bridgehead atoms. The summed E-state index contributed by atoms with van der Waals surface area (Å²) in [4.78, 5) is 14.3. The molecule has 3 heterocycles. The van der Waals surface area contributed by atoms with Crippen LogP contribution in [-0.4, -0.2) is 45.4 Å². The van der Waals surface area contributed by atoms with Crippen LogP contribution in [0.4, 0.5) is 32.2 Å². The van der Waals surface area contributed by atoms with E-state index >= 15 is 0 Å². The van der Waals surface area contributed by atoms with E-state index in [4.69, 9.17) is 0 Å². The number of alkyl halides is 6. The van der Waals surface area contributed by atoms with E-state index in [2.05, 4.69) is 20.6 Å². The van der Waals surface area contributed by atoms with Gasteiger partial charge in [0.15, 0.2) is 5.65 Å². The van der Waals surface area contributed by atoms with E-state index in [0.29, 0.717) is 48.2 Å². The molecule has 1 aliphatic heterocycles. The molecule has 1 N–H and O–H groups in total. The van der Waals surface area contributed by atoms with E-state index in [1.807, 2.05) is 0 Å². The number of aromatic nitrogens is 4. The van der Waals surface area contributed by atoms with Crippen molar-refractivity contribution < 1.29 is 31.1 Å². The van der Waals surface area contributed by atoms with Gasteiger partial charge in [-0.1, -0.05) is 12.1 Å². The Kier molecular flexibility index (Phi) is 6.36. The predicted octanol–water partition coefficient (Wildman–Crippen LogP) is 3.74. The van der Waals surface area contributed by atoms with E-state index < -0.39 is 23.7 Å². The average Bonchev–Trinajstić information content (AvgIpc) is 3.23. The first-order valence-corrected chi connectivity index (χ1v) is 10.5. The molecule has 7 nitrogen and oxygen atoms in total. The van der Waals surface area contributed by atoms with Crippen LogP contribution < -0.4 is 10.2 Å². The first kappa shape index (κ1) is 23.8. The molecule has 1 amide bonds. The lowest BCUT2D eigenvalue weighted by Crippen LogP contribution is -2.41. The Labute approximate surface area is 189 Å². The van der Waals surface area contributed by atoms with Crippen molar-refractivity contribution in [3.05, 3.63) is 53.3 Å². The van der Waals surface area contributed by atoms with Crippen LogP contribution in [0.5, 0.6) is 0 Å². The number of fused-ring (bicyclic) bond motifs is 1. The fraction of sp³-hybridized carbons (Fsp3) is 0.429. The lowest BCUT2D eigenvalue weighted by molar-refractivity contribution is -0.146. The summed E-state index contributed by atoms with van der Waals surface area (Å²) >= 11 is 0. The monoisotopic (exact) mass is 486 g/mol. The van der Waals surface area contributed by atoms with Gasteiger partial charge < -0.3 is 10.2 Å². The molecular weight excluding hydrogens is 466 g/mol. The molecule has 2 aromatic heterocycles. The molecule has 1 aliphatic rings. The third-order valence-corrected chi connectivity index (χ3v) is 5.69. The molecule has 0 atom stereocenters. The second kappa shape index (κ2) is 9.11. The van der Waals surface area contributed by atoms with Crippen LogP contribution in [0.25, 0.3) is 5.65 Å². The van der Waals surface area contributed by atoms with E-state index in [9.17, 15) is 31.1 Å². The molecular formula is C21H20F6N6O. The van der Waals surface area contributed by atoms with Crippen molar-refractivity contribution in [2.24, 2.45) is 5.92 Å². The highest BCUT2D eigenvalue weighted by Crippen LogP contribution is 2.30. The summed E-state index contributed by atoms with van der Waals surface area (Å²) in [6, 6.07) is 7.76. The Morgan fingerprint density at radius 3 is 2.24 bits per heavy atom. The quantitative estimate of drug-likeness (QED) is 0.557. The van der Waals surface area contributed by atoms with Crippen LogP contribution in [0.1, 0.15) is 29.8 Å². The van der Waals surface area contributed by atoms with Gasteiger partial charge in [0, 0.05) is 25.6 Å². The first-order chi connectivity index (χ1) is 16.0. The zero-order chi connectivity index (χ0) is 24.5. The number of halogens is 6. The number of benzene rings is 1. The van der Waals surface area contributed by atoms with Gasteiger partial charge in [-0.15, -0.1) is 15.3 Å². The van der Waals surface area contributed by atoms with Gasteiger partial charge in [0.25, 0.3) is 5.82 Å². The molecule has 0 saturated carbocycles. The highest BCUT2D eigenvalue weighted by molar-refractivity contribution is 5.79. The zero-order valence-electron chi connectivity index (χ0n) is 17.7. The molecule has 13 heteroatoms. The number of hydrogen-bond donors (Lipinski definition) is 1. The van der Waals surface area contributed by atoms with E-state index in [0.717, 1.165) is 12.1 Å². The molecule has 0 spiro atoms. The minimum absolute atomic E-state index is 0.0154. The predicted molar refractivity (Wildman–Crippen MR) is 109 cm³/mol. The van der Waals surface area contributed by atoms with Crippen molar-refractivity contribution in [1.82, 2.24) is 25.1 Å². The number of carbonyl (C=O) groups is 1. The molecule has 1 aromatic carbocycles. The van der Waals surface area contributed by atoms with Crippen molar-refractivity contribution in [3.8, 4) is 0 Å². The van der Waals surface area contributed by atoms with Crippen LogP contribution in [0.3, 0.4) is 0 Å². The van der Waals surface area contributed by atoms with Gasteiger partial charge in [0.2, 0.25) is 5.91 Å². The SMILES string of the molecule is O=C(NCCc1ccc(C(F)(F)F)cc1)C1CCN(c2ccc3nnc(C(F)(F)F)n3n2)CC1. The minimum atomic E-state index is -4.68. The van der Waals surface area contributed by atoms with Crippen LogP contribution in [0.15, 0.2) is 36.4 Å². The molecule has 3 aromatic rings. The van der Waals surface area contributed by atoms with Crippen molar-refractivity contribution >= 4 is 17.4 Å². The maximum atomic E-state index is 13.1. The van der Waals surface area contributed by atoms with Crippen molar-refractivity contribution in [3.63, 3.8) is 0 Å². The van der Waals surface area contributed by atoms with Crippen LogP contribution in [-0.2, 0) is 23.6 Å². The summed E-state index contributed by atoms with van der Waals surface area (Å²) in [6.45, 7) is 1.15. The summed E-state index contributed by atoms with van der Waals surface area (Å²) in [5.74, 6) is -1.30. The van der Waals surface area contributed by atoms with Crippen molar-refractivity contribution in [1.29, 1.82) is 0 Å². The van der Waals surface area contributed by atoms with Crippen LogP contribution in [0, 0.1) is 5.92 Å². The highest BCUT2D eigenvalue weighted by atomic mass is 19.4. The number of nitrogens with zero attached hydrogens (tertiary/aromatic N) is 5.